The summed E-state index contributed by atoms with van der Waals surface area (Å²) in [6.07, 6.45) is 0. The van der Waals surface area contributed by atoms with Gasteiger partial charge in [0, 0.05) is 0 Å². The van der Waals surface area contributed by atoms with E-state index in [-0.39, 0.29) is 15.1 Å². The summed E-state index contributed by atoms with van der Waals surface area (Å²) in [5.74, 6) is -1.11. The van der Waals surface area contributed by atoms with Crippen molar-refractivity contribution in [3.05, 3.63) is 33.0 Å². The highest BCUT2D eigenvalue weighted by atomic mass is 79.9. The fourth-order valence-corrected chi connectivity index (χ4v) is 1.36. The molecule has 0 aliphatic heterocycles. The van der Waals surface area contributed by atoms with Gasteiger partial charge in [-0.3, -0.25) is 0 Å². The van der Waals surface area contributed by atoms with Crippen LogP contribution < -0.4 is 0 Å². The molecule has 0 aromatic heterocycles. The summed E-state index contributed by atoms with van der Waals surface area (Å²) in [6, 6.07) is 2.33. The van der Waals surface area contributed by atoms with Gasteiger partial charge in [0.25, 0.3) is 0 Å². The molecule has 70 valence electrons. The van der Waals surface area contributed by atoms with Crippen LogP contribution in [-0.4, -0.2) is 13.1 Å². The van der Waals surface area contributed by atoms with E-state index in [9.17, 15) is 9.18 Å². The summed E-state index contributed by atoms with van der Waals surface area (Å²) in [5.41, 5.74) is 0.137. The van der Waals surface area contributed by atoms with Crippen molar-refractivity contribution < 1.29 is 13.9 Å². The van der Waals surface area contributed by atoms with Crippen LogP contribution in [0, 0.1) is 5.82 Å². The number of hydrogen-bond donors (Lipinski definition) is 0. The third-order valence-electron chi connectivity index (χ3n) is 1.42. The molecule has 0 spiro atoms. The van der Waals surface area contributed by atoms with E-state index < -0.39 is 11.8 Å². The monoisotopic (exact) mass is 266 g/mol. The minimum absolute atomic E-state index is 0.0348. The molecule has 1 aromatic rings. The minimum atomic E-state index is -0.592. The molecule has 0 aliphatic rings. The average molecular weight is 267 g/mol. The van der Waals surface area contributed by atoms with Gasteiger partial charge in [-0.25, -0.2) is 9.18 Å². The zero-order valence-electron chi connectivity index (χ0n) is 6.61. The Bertz CT molecular complexity index is 354. The lowest BCUT2D eigenvalue weighted by atomic mass is 10.2. The van der Waals surface area contributed by atoms with Crippen LogP contribution in [-0.2, 0) is 4.74 Å². The van der Waals surface area contributed by atoms with Crippen LogP contribution in [0.4, 0.5) is 4.39 Å². The Morgan fingerprint density at radius 1 is 1.62 bits per heavy atom. The van der Waals surface area contributed by atoms with Crippen LogP contribution in [0.15, 0.2) is 16.6 Å². The van der Waals surface area contributed by atoms with Gasteiger partial charge in [-0.1, -0.05) is 11.6 Å². The Balaban J connectivity index is 3.23. The smallest absolute Gasteiger partial charge is 0.339 e. The molecule has 0 amide bonds. The highest BCUT2D eigenvalue weighted by Crippen LogP contribution is 2.24. The van der Waals surface area contributed by atoms with E-state index in [2.05, 4.69) is 20.7 Å². The van der Waals surface area contributed by atoms with E-state index in [1.807, 2.05) is 0 Å². The van der Waals surface area contributed by atoms with Gasteiger partial charge in [-0.05, 0) is 28.1 Å². The molecule has 0 bridgehead atoms. The molecule has 0 unspecified atom stereocenters. The number of halogens is 3. The Morgan fingerprint density at radius 2 is 2.23 bits per heavy atom. The van der Waals surface area contributed by atoms with Gasteiger partial charge < -0.3 is 4.74 Å². The molecular weight excluding hydrogens is 262 g/mol. The van der Waals surface area contributed by atoms with Gasteiger partial charge in [0.05, 0.1) is 22.2 Å². The highest BCUT2D eigenvalue weighted by Gasteiger charge is 2.13. The number of rotatable bonds is 1. The molecule has 1 rings (SSSR count). The lowest BCUT2D eigenvalue weighted by Gasteiger charge is -2.03. The molecule has 1 aromatic carbocycles. The summed E-state index contributed by atoms with van der Waals surface area (Å²) in [7, 11) is 1.23. The van der Waals surface area contributed by atoms with E-state index in [1.54, 1.807) is 0 Å². The Labute approximate surface area is 87.8 Å². The van der Waals surface area contributed by atoms with E-state index >= 15 is 0 Å². The summed E-state index contributed by atoms with van der Waals surface area (Å²) >= 11 is 8.55. The molecule has 0 atom stereocenters. The van der Waals surface area contributed by atoms with Crippen LogP contribution in [0.1, 0.15) is 10.4 Å². The van der Waals surface area contributed by atoms with E-state index in [0.29, 0.717) is 0 Å². The zero-order valence-corrected chi connectivity index (χ0v) is 8.95. The number of carbonyl (C=O) groups is 1. The summed E-state index contributed by atoms with van der Waals surface area (Å²) in [6.45, 7) is 0. The molecule has 0 N–H and O–H groups in total. The fourth-order valence-electron chi connectivity index (χ4n) is 0.789. The first-order chi connectivity index (χ1) is 6.06. The van der Waals surface area contributed by atoms with Gasteiger partial charge in [-0.2, -0.15) is 0 Å². The topological polar surface area (TPSA) is 26.3 Å². The number of ether oxygens (including phenoxy) is 1. The fraction of sp³-hybridized carbons (Fsp3) is 0.125. The zero-order chi connectivity index (χ0) is 10.0. The number of benzene rings is 1. The molecular formula is C8H5BrClFO2. The highest BCUT2D eigenvalue weighted by molar-refractivity contribution is 9.10. The van der Waals surface area contributed by atoms with Gasteiger partial charge in [0.2, 0.25) is 0 Å². The largest absolute Gasteiger partial charge is 0.465 e. The minimum Gasteiger partial charge on any atom is -0.465 e. The van der Waals surface area contributed by atoms with Gasteiger partial charge >= 0.3 is 5.97 Å². The molecule has 5 heteroatoms. The second-order valence-corrected chi connectivity index (χ2v) is 3.50. The predicted octanol–water partition coefficient (Wildman–Crippen LogP) is 3.03. The van der Waals surface area contributed by atoms with Crippen molar-refractivity contribution in [3.8, 4) is 0 Å². The van der Waals surface area contributed by atoms with Crippen molar-refractivity contribution >= 4 is 33.5 Å². The molecule has 0 fully saturated rings. The normalized spacial score (nSPS) is 9.85. The molecule has 0 radical (unpaired) electrons. The lowest BCUT2D eigenvalue weighted by Crippen LogP contribution is -2.02. The Kier molecular flexibility index (Phi) is 3.27. The SMILES string of the molecule is COC(=O)c1cc(Br)c(F)cc1Cl. The van der Waals surface area contributed by atoms with Gasteiger partial charge in [0.15, 0.2) is 0 Å². The first-order valence-electron chi connectivity index (χ1n) is 3.29. The van der Waals surface area contributed by atoms with Crippen molar-refractivity contribution in [2.45, 2.75) is 0 Å². The summed E-state index contributed by atoms with van der Waals surface area (Å²) in [4.78, 5) is 11.0. The predicted molar refractivity (Wildman–Crippen MR) is 50.4 cm³/mol. The number of methoxy groups -OCH3 is 1. The van der Waals surface area contributed by atoms with Crippen LogP contribution in [0.25, 0.3) is 0 Å². The molecule has 13 heavy (non-hydrogen) atoms. The number of carbonyl (C=O) groups excluding carboxylic acids is 1. The first-order valence-corrected chi connectivity index (χ1v) is 4.46. The Hall–Kier alpha value is -0.610. The van der Waals surface area contributed by atoms with E-state index in [4.69, 9.17) is 11.6 Å². The molecule has 0 saturated carbocycles. The van der Waals surface area contributed by atoms with Crippen LogP contribution in [0.3, 0.4) is 0 Å². The maximum Gasteiger partial charge on any atom is 0.339 e. The molecule has 0 heterocycles. The van der Waals surface area contributed by atoms with Crippen LogP contribution in [0.2, 0.25) is 5.02 Å². The third-order valence-corrected chi connectivity index (χ3v) is 2.34. The van der Waals surface area contributed by atoms with Gasteiger partial charge in [0.1, 0.15) is 5.82 Å². The quantitative estimate of drug-likeness (QED) is 0.577. The van der Waals surface area contributed by atoms with Crippen molar-refractivity contribution in [2.24, 2.45) is 0 Å². The lowest BCUT2D eigenvalue weighted by molar-refractivity contribution is 0.0601. The Morgan fingerprint density at radius 3 is 2.77 bits per heavy atom. The standard InChI is InChI=1S/C8H5BrClFO2/c1-13-8(12)4-2-5(9)7(11)3-6(4)10/h2-3H,1H3. The number of esters is 1. The van der Waals surface area contributed by atoms with Gasteiger partial charge in [-0.15, -0.1) is 0 Å². The van der Waals surface area contributed by atoms with Crippen LogP contribution >= 0.6 is 27.5 Å². The molecule has 0 saturated heterocycles. The van der Waals surface area contributed by atoms with Crippen molar-refractivity contribution in [3.63, 3.8) is 0 Å². The maximum atomic E-state index is 12.8. The van der Waals surface area contributed by atoms with Crippen LogP contribution in [0.5, 0.6) is 0 Å². The summed E-state index contributed by atoms with van der Waals surface area (Å²) < 4.78 is 17.5. The van der Waals surface area contributed by atoms with Crippen molar-refractivity contribution in [2.75, 3.05) is 7.11 Å². The second-order valence-electron chi connectivity index (χ2n) is 2.24. The van der Waals surface area contributed by atoms with Crippen molar-refractivity contribution in [1.82, 2.24) is 0 Å². The number of hydrogen-bond acceptors (Lipinski definition) is 2. The molecule has 0 aliphatic carbocycles. The second kappa shape index (κ2) is 4.07. The van der Waals surface area contributed by atoms with E-state index in [0.717, 1.165) is 6.07 Å². The maximum absolute atomic E-state index is 12.8. The van der Waals surface area contributed by atoms with Crippen molar-refractivity contribution in [1.29, 1.82) is 0 Å². The summed E-state index contributed by atoms with van der Waals surface area (Å²) in [5, 5.41) is 0.0348. The van der Waals surface area contributed by atoms with E-state index in [1.165, 1.54) is 13.2 Å². The third kappa shape index (κ3) is 2.19. The average Bonchev–Trinajstić information content (AvgIpc) is 2.10. The molecule has 2 nitrogen and oxygen atoms in total. The first kappa shape index (κ1) is 10.5.